The molecule has 2 amide bonds. The number of nitrogens with zero attached hydrogens (tertiary/aromatic N) is 1. The lowest BCUT2D eigenvalue weighted by Gasteiger charge is -2.30. The van der Waals surface area contributed by atoms with Gasteiger partial charge in [0.25, 0.3) is 0 Å². The molecule has 3 atom stereocenters. The van der Waals surface area contributed by atoms with Crippen LogP contribution in [0.3, 0.4) is 0 Å². The average molecular weight is 334 g/mol. The van der Waals surface area contributed by atoms with E-state index in [0.717, 1.165) is 18.4 Å². The maximum Gasteiger partial charge on any atom is 0.317 e. The number of aliphatic hydroxyl groups is 1. The van der Waals surface area contributed by atoms with Crippen molar-refractivity contribution >= 4 is 6.03 Å². The van der Waals surface area contributed by atoms with Crippen molar-refractivity contribution in [3.05, 3.63) is 35.9 Å². The Kier molecular flexibility index (Phi) is 7.53. The second kappa shape index (κ2) is 9.64. The Labute approximate surface area is 145 Å². The SMILES string of the molecule is CC1CCCC(NC(=O)N(C)CC(O)COCc2ccccc2)C1. The van der Waals surface area contributed by atoms with Crippen molar-refractivity contribution in [1.29, 1.82) is 0 Å². The molecule has 2 N–H and O–H groups in total. The number of benzene rings is 1. The number of carbonyl (C=O) groups is 1. The summed E-state index contributed by atoms with van der Waals surface area (Å²) in [6.07, 6.45) is 3.83. The first kappa shape index (κ1) is 18.7. The molecular formula is C19H30N2O3. The van der Waals surface area contributed by atoms with E-state index >= 15 is 0 Å². The van der Waals surface area contributed by atoms with Gasteiger partial charge in [0.05, 0.1) is 25.9 Å². The number of ether oxygens (including phenoxy) is 1. The van der Waals surface area contributed by atoms with Gasteiger partial charge in [-0.3, -0.25) is 0 Å². The van der Waals surface area contributed by atoms with Crippen LogP contribution >= 0.6 is 0 Å². The summed E-state index contributed by atoms with van der Waals surface area (Å²) in [4.78, 5) is 13.7. The first-order valence-electron chi connectivity index (χ1n) is 8.86. The Morgan fingerprint density at radius 3 is 2.83 bits per heavy atom. The van der Waals surface area contributed by atoms with Gasteiger partial charge in [-0.25, -0.2) is 4.79 Å². The minimum absolute atomic E-state index is 0.115. The molecule has 0 aliphatic heterocycles. The molecule has 1 saturated carbocycles. The molecule has 1 aliphatic carbocycles. The zero-order valence-electron chi connectivity index (χ0n) is 14.8. The Hall–Kier alpha value is -1.59. The smallest absolute Gasteiger partial charge is 0.317 e. The van der Waals surface area contributed by atoms with E-state index in [4.69, 9.17) is 4.74 Å². The summed E-state index contributed by atoms with van der Waals surface area (Å²) in [5.41, 5.74) is 1.07. The van der Waals surface area contributed by atoms with Crippen molar-refractivity contribution in [1.82, 2.24) is 10.2 Å². The average Bonchev–Trinajstić information content (AvgIpc) is 2.55. The summed E-state index contributed by atoms with van der Waals surface area (Å²) in [6, 6.07) is 9.98. The molecule has 2 rings (SSSR count). The fourth-order valence-corrected chi connectivity index (χ4v) is 3.19. The molecule has 3 unspecified atom stereocenters. The van der Waals surface area contributed by atoms with E-state index < -0.39 is 6.10 Å². The van der Waals surface area contributed by atoms with Crippen LogP contribution < -0.4 is 5.32 Å². The Balaban J connectivity index is 1.64. The topological polar surface area (TPSA) is 61.8 Å². The van der Waals surface area contributed by atoms with E-state index in [2.05, 4.69) is 12.2 Å². The van der Waals surface area contributed by atoms with Crippen LogP contribution in [0.25, 0.3) is 0 Å². The minimum atomic E-state index is -0.685. The van der Waals surface area contributed by atoms with Gasteiger partial charge in [0.2, 0.25) is 0 Å². The van der Waals surface area contributed by atoms with Gasteiger partial charge in [0.15, 0.2) is 0 Å². The van der Waals surface area contributed by atoms with Crippen LogP contribution in [0.4, 0.5) is 4.79 Å². The van der Waals surface area contributed by atoms with E-state index in [1.165, 1.54) is 17.7 Å². The predicted octanol–water partition coefficient (Wildman–Crippen LogP) is 2.78. The number of nitrogens with one attached hydrogen (secondary N) is 1. The molecule has 1 aliphatic rings. The van der Waals surface area contributed by atoms with Crippen molar-refractivity contribution in [2.75, 3.05) is 20.2 Å². The van der Waals surface area contributed by atoms with Crippen LogP contribution in [0.2, 0.25) is 0 Å². The van der Waals surface area contributed by atoms with Gasteiger partial charge < -0.3 is 20.1 Å². The third-order valence-corrected chi connectivity index (χ3v) is 4.52. The monoisotopic (exact) mass is 334 g/mol. The van der Waals surface area contributed by atoms with Gasteiger partial charge in [-0.1, -0.05) is 50.1 Å². The van der Waals surface area contributed by atoms with Gasteiger partial charge in [-0.15, -0.1) is 0 Å². The molecule has 0 spiro atoms. The van der Waals surface area contributed by atoms with Gasteiger partial charge in [-0.05, 0) is 24.3 Å². The van der Waals surface area contributed by atoms with E-state index in [9.17, 15) is 9.90 Å². The summed E-state index contributed by atoms with van der Waals surface area (Å²) in [7, 11) is 1.71. The zero-order chi connectivity index (χ0) is 17.4. The summed E-state index contributed by atoms with van der Waals surface area (Å²) in [5.74, 6) is 0.673. The molecule has 24 heavy (non-hydrogen) atoms. The fraction of sp³-hybridized carbons (Fsp3) is 0.632. The lowest BCUT2D eigenvalue weighted by atomic mass is 9.87. The van der Waals surface area contributed by atoms with Crippen LogP contribution in [-0.4, -0.2) is 48.4 Å². The van der Waals surface area contributed by atoms with Crippen LogP contribution in [0.1, 0.15) is 38.2 Å². The molecule has 5 heteroatoms. The van der Waals surface area contributed by atoms with Crippen molar-refractivity contribution in [2.45, 2.75) is 51.4 Å². The van der Waals surface area contributed by atoms with Crippen LogP contribution in [0.5, 0.6) is 0 Å². The van der Waals surface area contributed by atoms with Crippen molar-refractivity contribution < 1.29 is 14.6 Å². The maximum atomic E-state index is 12.2. The number of amides is 2. The van der Waals surface area contributed by atoms with E-state index in [0.29, 0.717) is 12.5 Å². The van der Waals surface area contributed by atoms with Gasteiger partial charge >= 0.3 is 6.03 Å². The number of likely N-dealkylation sites (N-methyl/N-ethyl adjacent to an activating group) is 1. The molecule has 1 aromatic rings. The second-order valence-electron chi connectivity index (χ2n) is 6.95. The van der Waals surface area contributed by atoms with Crippen LogP contribution in [0, 0.1) is 5.92 Å². The zero-order valence-corrected chi connectivity index (χ0v) is 14.8. The lowest BCUT2D eigenvalue weighted by Crippen LogP contribution is -2.47. The highest BCUT2D eigenvalue weighted by Crippen LogP contribution is 2.23. The number of carbonyl (C=O) groups excluding carboxylic acids is 1. The second-order valence-corrected chi connectivity index (χ2v) is 6.95. The highest BCUT2D eigenvalue weighted by molar-refractivity contribution is 5.74. The molecule has 0 aromatic heterocycles. The predicted molar refractivity (Wildman–Crippen MR) is 94.7 cm³/mol. The maximum absolute atomic E-state index is 12.2. The van der Waals surface area contributed by atoms with Gasteiger partial charge in [0, 0.05) is 13.1 Å². The Morgan fingerprint density at radius 1 is 1.38 bits per heavy atom. The third-order valence-electron chi connectivity index (χ3n) is 4.52. The van der Waals surface area contributed by atoms with Crippen molar-refractivity contribution in [3.8, 4) is 0 Å². The van der Waals surface area contributed by atoms with Crippen molar-refractivity contribution in [3.63, 3.8) is 0 Å². The molecule has 0 bridgehead atoms. The Bertz CT molecular complexity index is 495. The number of rotatable bonds is 7. The van der Waals surface area contributed by atoms with Crippen molar-refractivity contribution in [2.24, 2.45) is 5.92 Å². The first-order chi connectivity index (χ1) is 11.5. The van der Waals surface area contributed by atoms with E-state index in [1.807, 2.05) is 30.3 Å². The largest absolute Gasteiger partial charge is 0.389 e. The number of hydrogen-bond acceptors (Lipinski definition) is 3. The molecule has 134 valence electrons. The normalized spacial score (nSPS) is 22.0. The number of urea groups is 1. The lowest BCUT2D eigenvalue weighted by molar-refractivity contribution is 0.0179. The fourth-order valence-electron chi connectivity index (χ4n) is 3.19. The summed E-state index contributed by atoms with van der Waals surface area (Å²) in [5, 5.41) is 13.1. The van der Waals surface area contributed by atoms with E-state index in [-0.39, 0.29) is 25.2 Å². The first-order valence-corrected chi connectivity index (χ1v) is 8.86. The quantitative estimate of drug-likeness (QED) is 0.806. The van der Waals surface area contributed by atoms with Gasteiger partial charge in [-0.2, -0.15) is 0 Å². The molecule has 5 nitrogen and oxygen atoms in total. The molecule has 0 radical (unpaired) electrons. The highest BCUT2D eigenvalue weighted by Gasteiger charge is 2.22. The molecule has 1 fully saturated rings. The summed E-state index contributed by atoms with van der Waals surface area (Å²) < 4.78 is 5.52. The molecule has 1 aromatic carbocycles. The molecular weight excluding hydrogens is 304 g/mol. The number of hydrogen-bond donors (Lipinski definition) is 2. The van der Waals surface area contributed by atoms with E-state index in [1.54, 1.807) is 7.05 Å². The highest BCUT2D eigenvalue weighted by atomic mass is 16.5. The summed E-state index contributed by atoms with van der Waals surface area (Å²) in [6.45, 7) is 3.18. The number of aliphatic hydroxyl groups excluding tert-OH is 1. The molecule has 0 saturated heterocycles. The Morgan fingerprint density at radius 2 is 2.12 bits per heavy atom. The standard InChI is InChI=1S/C19H30N2O3/c1-15-7-6-10-17(11-15)20-19(23)21(2)12-18(22)14-24-13-16-8-4-3-5-9-16/h3-5,8-9,15,17-18,22H,6-7,10-14H2,1-2H3,(H,20,23). The minimum Gasteiger partial charge on any atom is -0.389 e. The van der Waals surface area contributed by atoms with Gasteiger partial charge in [0.1, 0.15) is 0 Å². The summed E-state index contributed by atoms with van der Waals surface area (Å²) >= 11 is 0. The molecule has 0 heterocycles. The van der Waals surface area contributed by atoms with Crippen LogP contribution in [0.15, 0.2) is 30.3 Å². The third kappa shape index (κ3) is 6.49. The van der Waals surface area contributed by atoms with Crippen LogP contribution in [-0.2, 0) is 11.3 Å².